The van der Waals surface area contributed by atoms with E-state index < -0.39 is 6.10 Å². The molecule has 1 aliphatic heterocycles. The Kier molecular flexibility index (Phi) is 4.63. The first-order chi connectivity index (χ1) is 11.2. The van der Waals surface area contributed by atoms with Crippen LogP contribution in [0.2, 0.25) is 0 Å². The Morgan fingerprint density at radius 3 is 2.65 bits per heavy atom. The molecular formula is C19H22N2O2. The quantitative estimate of drug-likeness (QED) is 0.914. The highest BCUT2D eigenvalue weighted by atomic mass is 16.5. The Hall–Kier alpha value is -2.33. The summed E-state index contributed by atoms with van der Waals surface area (Å²) in [4.78, 5) is 14.5. The fraction of sp³-hybridized carbons (Fsp3) is 0.316. The lowest BCUT2D eigenvalue weighted by atomic mass is 10.1. The van der Waals surface area contributed by atoms with Gasteiger partial charge in [0, 0.05) is 18.8 Å². The van der Waals surface area contributed by atoms with Crippen molar-refractivity contribution in [3.05, 3.63) is 54.1 Å². The monoisotopic (exact) mass is 310 g/mol. The molecule has 0 bridgehead atoms. The summed E-state index contributed by atoms with van der Waals surface area (Å²) in [5, 5.41) is 3.00. The van der Waals surface area contributed by atoms with Gasteiger partial charge < -0.3 is 15.0 Å². The number of fused-ring (bicyclic) bond motifs is 1. The third-order valence-corrected chi connectivity index (χ3v) is 4.13. The third kappa shape index (κ3) is 3.22. The van der Waals surface area contributed by atoms with E-state index in [0.29, 0.717) is 6.61 Å². The molecule has 1 N–H and O–H groups in total. The van der Waals surface area contributed by atoms with E-state index in [9.17, 15) is 4.79 Å². The van der Waals surface area contributed by atoms with Gasteiger partial charge in [-0.2, -0.15) is 0 Å². The van der Waals surface area contributed by atoms with Crippen LogP contribution in [0.1, 0.15) is 19.4 Å². The predicted molar refractivity (Wildman–Crippen MR) is 93.3 cm³/mol. The van der Waals surface area contributed by atoms with Crippen LogP contribution in [0.4, 0.5) is 17.1 Å². The topological polar surface area (TPSA) is 41.6 Å². The Bertz CT molecular complexity index is 699. The van der Waals surface area contributed by atoms with Crippen LogP contribution in [0, 0.1) is 0 Å². The molecule has 1 aliphatic rings. The molecule has 0 unspecified atom stereocenters. The highest BCUT2D eigenvalue weighted by Crippen LogP contribution is 2.38. The van der Waals surface area contributed by atoms with E-state index in [1.807, 2.05) is 31.2 Å². The van der Waals surface area contributed by atoms with Crippen molar-refractivity contribution in [1.82, 2.24) is 0 Å². The second-order valence-corrected chi connectivity index (χ2v) is 5.63. The van der Waals surface area contributed by atoms with Gasteiger partial charge in [0.1, 0.15) is 6.10 Å². The second-order valence-electron chi connectivity index (χ2n) is 5.63. The lowest BCUT2D eigenvalue weighted by molar-refractivity contribution is -0.126. The molecule has 4 heteroatoms. The summed E-state index contributed by atoms with van der Waals surface area (Å²) in [7, 11) is 0. The summed E-state index contributed by atoms with van der Waals surface area (Å²) in [5.74, 6) is -0.119. The van der Waals surface area contributed by atoms with Crippen LogP contribution in [0.25, 0.3) is 0 Å². The van der Waals surface area contributed by atoms with Gasteiger partial charge in [0.25, 0.3) is 5.91 Å². The number of para-hydroxylation sites is 3. The summed E-state index contributed by atoms with van der Waals surface area (Å²) >= 11 is 0. The van der Waals surface area contributed by atoms with Crippen molar-refractivity contribution in [3.8, 4) is 0 Å². The highest BCUT2D eigenvalue weighted by molar-refractivity contribution is 5.97. The molecule has 1 atom stereocenters. The molecule has 0 fully saturated rings. The number of carbonyl (C=O) groups excluding carboxylic acids is 1. The molecule has 1 heterocycles. The van der Waals surface area contributed by atoms with Gasteiger partial charge in [-0.25, -0.2) is 0 Å². The van der Waals surface area contributed by atoms with Gasteiger partial charge >= 0.3 is 0 Å². The maximum absolute atomic E-state index is 12.3. The lowest BCUT2D eigenvalue weighted by Gasteiger charge is -2.23. The van der Waals surface area contributed by atoms with E-state index in [1.165, 1.54) is 11.3 Å². The molecule has 0 aromatic heterocycles. The van der Waals surface area contributed by atoms with Gasteiger partial charge in [-0.15, -0.1) is 0 Å². The number of carbonyl (C=O) groups is 1. The molecular weight excluding hydrogens is 288 g/mol. The van der Waals surface area contributed by atoms with Crippen LogP contribution in [-0.4, -0.2) is 25.2 Å². The molecule has 0 radical (unpaired) electrons. The Labute approximate surface area is 137 Å². The summed E-state index contributed by atoms with van der Waals surface area (Å²) in [6, 6.07) is 16.3. The average Bonchev–Trinajstić information content (AvgIpc) is 2.99. The molecule has 0 spiro atoms. The first-order valence-corrected chi connectivity index (χ1v) is 8.07. The van der Waals surface area contributed by atoms with E-state index in [2.05, 4.69) is 34.5 Å². The van der Waals surface area contributed by atoms with Crippen LogP contribution in [0.15, 0.2) is 48.5 Å². The minimum Gasteiger partial charge on any atom is -0.369 e. The third-order valence-electron chi connectivity index (χ3n) is 4.13. The molecule has 1 amide bonds. The number of benzene rings is 2. The molecule has 4 nitrogen and oxygen atoms in total. The smallest absolute Gasteiger partial charge is 0.253 e. The van der Waals surface area contributed by atoms with E-state index in [4.69, 9.17) is 4.74 Å². The zero-order valence-electron chi connectivity index (χ0n) is 13.6. The first kappa shape index (κ1) is 15.6. The molecule has 0 saturated carbocycles. The standard InChI is InChI=1S/C19H22N2O2/c1-3-23-14(2)19(22)20-16-9-5-7-11-18(16)21-13-12-15-8-4-6-10-17(15)21/h4-11,14H,3,12-13H2,1-2H3,(H,20,22)/t14-/m1/s1. The summed E-state index contributed by atoms with van der Waals surface area (Å²) in [6.07, 6.45) is 0.562. The Morgan fingerprint density at radius 1 is 1.17 bits per heavy atom. The van der Waals surface area contributed by atoms with Crippen molar-refractivity contribution in [2.24, 2.45) is 0 Å². The second kappa shape index (κ2) is 6.84. The Balaban J connectivity index is 1.86. The van der Waals surface area contributed by atoms with Crippen LogP contribution < -0.4 is 10.2 Å². The largest absolute Gasteiger partial charge is 0.369 e. The number of nitrogens with one attached hydrogen (secondary N) is 1. The molecule has 120 valence electrons. The zero-order chi connectivity index (χ0) is 16.2. The zero-order valence-corrected chi connectivity index (χ0v) is 13.6. The van der Waals surface area contributed by atoms with E-state index in [-0.39, 0.29) is 5.91 Å². The molecule has 2 aromatic carbocycles. The normalized spacial score (nSPS) is 14.4. The van der Waals surface area contributed by atoms with Crippen LogP contribution in [-0.2, 0) is 16.0 Å². The minimum absolute atomic E-state index is 0.119. The number of nitrogens with zero attached hydrogens (tertiary/aromatic N) is 1. The van der Waals surface area contributed by atoms with Crippen LogP contribution >= 0.6 is 0 Å². The minimum atomic E-state index is -0.459. The number of hydrogen-bond acceptors (Lipinski definition) is 3. The summed E-state index contributed by atoms with van der Waals surface area (Å²) < 4.78 is 5.37. The molecule has 3 rings (SSSR count). The van der Waals surface area contributed by atoms with E-state index >= 15 is 0 Å². The summed E-state index contributed by atoms with van der Waals surface area (Å²) in [6.45, 7) is 5.11. The van der Waals surface area contributed by atoms with Gasteiger partial charge in [0.2, 0.25) is 0 Å². The summed E-state index contributed by atoms with van der Waals surface area (Å²) in [5.41, 5.74) is 4.40. The fourth-order valence-corrected chi connectivity index (χ4v) is 2.96. The lowest BCUT2D eigenvalue weighted by Crippen LogP contribution is -2.28. The van der Waals surface area contributed by atoms with Crippen LogP contribution in [0.3, 0.4) is 0 Å². The molecule has 2 aromatic rings. The van der Waals surface area contributed by atoms with Crippen LogP contribution in [0.5, 0.6) is 0 Å². The van der Waals surface area contributed by atoms with Crippen molar-refractivity contribution in [2.75, 3.05) is 23.4 Å². The van der Waals surface area contributed by atoms with Crippen molar-refractivity contribution in [2.45, 2.75) is 26.4 Å². The number of rotatable bonds is 5. The first-order valence-electron chi connectivity index (χ1n) is 8.07. The van der Waals surface area contributed by atoms with Gasteiger partial charge in [0.05, 0.1) is 11.4 Å². The number of hydrogen-bond donors (Lipinski definition) is 1. The van der Waals surface area contributed by atoms with Gasteiger partial charge in [-0.05, 0) is 44.0 Å². The number of anilines is 3. The number of amides is 1. The van der Waals surface area contributed by atoms with Crippen molar-refractivity contribution >= 4 is 23.0 Å². The van der Waals surface area contributed by atoms with Crippen molar-refractivity contribution in [3.63, 3.8) is 0 Å². The Morgan fingerprint density at radius 2 is 1.87 bits per heavy atom. The maximum Gasteiger partial charge on any atom is 0.253 e. The van der Waals surface area contributed by atoms with Gasteiger partial charge in [-0.3, -0.25) is 4.79 Å². The van der Waals surface area contributed by atoms with Gasteiger partial charge in [0.15, 0.2) is 0 Å². The molecule has 0 aliphatic carbocycles. The molecule has 23 heavy (non-hydrogen) atoms. The van der Waals surface area contributed by atoms with Crippen molar-refractivity contribution < 1.29 is 9.53 Å². The average molecular weight is 310 g/mol. The van der Waals surface area contributed by atoms with E-state index in [0.717, 1.165) is 24.3 Å². The fourth-order valence-electron chi connectivity index (χ4n) is 2.96. The van der Waals surface area contributed by atoms with E-state index in [1.54, 1.807) is 6.92 Å². The molecule has 0 saturated heterocycles. The highest BCUT2D eigenvalue weighted by Gasteiger charge is 2.23. The SMILES string of the molecule is CCO[C@H](C)C(=O)Nc1ccccc1N1CCc2ccccc21. The van der Waals surface area contributed by atoms with Crippen molar-refractivity contribution in [1.29, 1.82) is 0 Å². The maximum atomic E-state index is 12.3. The number of ether oxygens (including phenoxy) is 1. The van der Waals surface area contributed by atoms with Gasteiger partial charge in [-0.1, -0.05) is 30.3 Å². The predicted octanol–water partition coefficient (Wildman–Crippen LogP) is 3.74.